The molecule has 1 aromatic carbocycles. The molecule has 0 amide bonds. The van der Waals surface area contributed by atoms with Gasteiger partial charge in [-0.15, -0.1) is 11.3 Å². The highest BCUT2D eigenvalue weighted by Crippen LogP contribution is 2.28. The Balaban J connectivity index is 2.16. The molecule has 0 aliphatic heterocycles. The fraction of sp³-hybridized carbons (Fsp3) is 0.286. The van der Waals surface area contributed by atoms with E-state index in [1.165, 1.54) is 4.88 Å². The van der Waals surface area contributed by atoms with Gasteiger partial charge in [-0.2, -0.15) is 0 Å². The number of aryl methyl sites for hydroxylation is 1. The molecule has 2 rings (SSSR count). The van der Waals surface area contributed by atoms with Gasteiger partial charge in [0.15, 0.2) is 0 Å². The molecule has 3 heteroatoms. The summed E-state index contributed by atoms with van der Waals surface area (Å²) in [6, 6.07) is 11.6. The second kappa shape index (κ2) is 5.34. The Morgan fingerprint density at radius 1 is 1.18 bits per heavy atom. The van der Waals surface area contributed by atoms with E-state index in [0.717, 1.165) is 16.2 Å². The van der Waals surface area contributed by atoms with Gasteiger partial charge in [-0.05, 0) is 43.7 Å². The third-order valence-corrected chi connectivity index (χ3v) is 3.59. The van der Waals surface area contributed by atoms with Crippen molar-refractivity contribution in [2.45, 2.75) is 20.0 Å². The van der Waals surface area contributed by atoms with Crippen LogP contribution in [-0.2, 0) is 0 Å². The van der Waals surface area contributed by atoms with Gasteiger partial charge in [0.05, 0.1) is 6.61 Å². The summed E-state index contributed by atoms with van der Waals surface area (Å²) in [4.78, 5) is 2.19. The van der Waals surface area contributed by atoms with E-state index in [9.17, 15) is 5.11 Å². The van der Waals surface area contributed by atoms with Crippen LogP contribution in [0.1, 0.15) is 28.3 Å². The van der Waals surface area contributed by atoms with Crippen molar-refractivity contribution in [3.63, 3.8) is 0 Å². The smallest absolute Gasteiger partial charge is 0.119 e. The summed E-state index contributed by atoms with van der Waals surface area (Å²) < 4.78 is 5.37. The third-order valence-electron chi connectivity index (χ3n) is 2.54. The monoisotopic (exact) mass is 248 g/mol. The van der Waals surface area contributed by atoms with Crippen LogP contribution in [0.15, 0.2) is 36.4 Å². The molecule has 0 radical (unpaired) electrons. The standard InChI is InChI=1S/C14H16O2S/c1-3-16-12-7-5-11(6-8-12)14(15)13-9-4-10(2)17-13/h4-9,14-15H,3H2,1-2H3. The fourth-order valence-corrected chi connectivity index (χ4v) is 2.57. The zero-order chi connectivity index (χ0) is 12.3. The van der Waals surface area contributed by atoms with E-state index in [2.05, 4.69) is 0 Å². The van der Waals surface area contributed by atoms with Gasteiger partial charge in [-0.25, -0.2) is 0 Å². The molecule has 1 N–H and O–H groups in total. The average molecular weight is 248 g/mol. The number of thiophene rings is 1. The Morgan fingerprint density at radius 2 is 1.88 bits per heavy atom. The van der Waals surface area contributed by atoms with Crippen LogP contribution >= 0.6 is 11.3 Å². The minimum Gasteiger partial charge on any atom is -0.494 e. The first-order valence-corrected chi connectivity index (χ1v) is 6.49. The second-order valence-corrected chi connectivity index (χ2v) is 5.17. The number of benzene rings is 1. The molecule has 0 bridgehead atoms. The molecule has 0 fully saturated rings. The van der Waals surface area contributed by atoms with Crippen LogP contribution in [0.3, 0.4) is 0 Å². The molecule has 1 aromatic heterocycles. The normalized spacial score (nSPS) is 12.4. The van der Waals surface area contributed by atoms with Crippen molar-refractivity contribution in [3.8, 4) is 5.75 Å². The highest BCUT2D eigenvalue weighted by atomic mass is 32.1. The van der Waals surface area contributed by atoms with Crippen LogP contribution in [0.5, 0.6) is 5.75 Å². The minimum atomic E-state index is -0.538. The first kappa shape index (κ1) is 12.1. The van der Waals surface area contributed by atoms with Crippen molar-refractivity contribution in [3.05, 3.63) is 51.7 Å². The Hall–Kier alpha value is -1.32. The highest BCUT2D eigenvalue weighted by molar-refractivity contribution is 7.12. The average Bonchev–Trinajstić information content (AvgIpc) is 2.76. The summed E-state index contributed by atoms with van der Waals surface area (Å²) in [6.07, 6.45) is -0.538. The fourth-order valence-electron chi connectivity index (χ4n) is 1.68. The predicted molar refractivity (Wildman–Crippen MR) is 70.7 cm³/mol. The van der Waals surface area contributed by atoms with Gasteiger partial charge in [0.1, 0.15) is 11.9 Å². The maximum atomic E-state index is 10.2. The summed E-state index contributed by atoms with van der Waals surface area (Å²) in [5, 5.41) is 10.2. The van der Waals surface area contributed by atoms with E-state index in [1.807, 2.05) is 50.2 Å². The van der Waals surface area contributed by atoms with E-state index < -0.39 is 6.10 Å². The highest BCUT2D eigenvalue weighted by Gasteiger charge is 2.12. The van der Waals surface area contributed by atoms with Crippen LogP contribution in [0.2, 0.25) is 0 Å². The lowest BCUT2D eigenvalue weighted by atomic mass is 10.1. The zero-order valence-corrected chi connectivity index (χ0v) is 10.8. The summed E-state index contributed by atoms with van der Waals surface area (Å²) in [5.41, 5.74) is 0.898. The summed E-state index contributed by atoms with van der Waals surface area (Å²) in [5.74, 6) is 0.839. The lowest BCUT2D eigenvalue weighted by molar-refractivity contribution is 0.224. The molecule has 1 unspecified atom stereocenters. The molecule has 1 atom stereocenters. The molecule has 2 nitrogen and oxygen atoms in total. The molecule has 90 valence electrons. The summed E-state index contributed by atoms with van der Waals surface area (Å²) >= 11 is 1.62. The zero-order valence-electron chi connectivity index (χ0n) is 10.0. The number of aliphatic hydroxyl groups is 1. The van der Waals surface area contributed by atoms with Crippen LogP contribution in [0.4, 0.5) is 0 Å². The molecule has 2 aromatic rings. The Labute approximate surface area is 105 Å². The largest absolute Gasteiger partial charge is 0.494 e. The van der Waals surface area contributed by atoms with E-state index in [-0.39, 0.29) is 0 Å². The summed E-state index contributed by atoms with van der Waals surface area (Å²) in [6.45, 7) is 4.66. The van der Waals surface area contributed by atoms with E-state index in [1.54, 1.807) is 11.3 Å². The maximum Gasteiger partial charge on any atom is 0.119 e. The third kappa shape index (κ3) is 2.87. The molecule has 0 spiro atoms. The van der Waals surface area contributed by atoms with E-state index in [0.29, 0.717) is 6.61 Å². The van der Waals surface area contributed by atoms with Crippen LogP contribution in [0.25, 0.3) is 0 Å². The molecule has 0 aliphatic rings. The first-order valence-electron chi connectivity index (χ1n) is 5.68. The number of ether oxygens (including phenoxy) is 1. The van der Waals surface area contributed by atoms with Gasteiger partial charge in [0, 0.05) is 9.75 Å². The maximum absolute atomic E-state index is 10.2. The molecule has 1 heterocycles. The molecule has 0 saturated carbocycles. The van der Waals surface area contributed by atoms with Crippen molar-refractivity contribution >= 4 is 11.3 Å². The summed E-state index contributed by atoms with van der Waals surface area (Å²) in [7, 11) is 0. The molecule has 17 heavy (non-hydrogen) atoms. The minimum absolute atomic E-state index is 0.538. The molecular weight excluding hydrogens is 232 g/mol. The lowest BCUT2D eigenvalue weighted by Crippen LogP contribution is -1.97. The van der Waals surface area contributed by atoms with Crippen molar-refractivity contribution in [1.82, 2.24) is 0 Å². The van der Waals surface area contributed by atoms with Crippen LogP contribution in [-0.4, -0.2) is 11.7 Å². The number of hydrogen-bond acceptors (Lipinski definition) is 3. The van der Waals surface area contributed by atoms with E-state index >= 15 is 0 Å². The van der Waals surface area contributed by atoms with Crippen molar-refractivity contribution < 1.29 is 9.84 Å². The first-order chi connectivity index (χ1) is 8.20. The van der Waals surface area contributed by atoms with Crippen LogP contribution < -0.4 is 4.74 Å². The Morgan fingerprint density at radius 3 is 2.41 bits per heavy atom. The van der Waals surface area contributed by atoms with Gasteiger partial charge in [0.25, 0.3) is 0 Å². The van der Waals surface area contributed by atoms with Gasteiger partial charge in [-0.3, -0.25) is 0 Å². The molecular formula is C14H16O2S. The number of rotatable bonds is 4. The van der Waals surface area contributed by atoms with Crippen molar-refractivity contribution in [2.24, 2.45) is 0 Å². The molecule has 0 aliphatic carbocycles. The van der Waals surface area contributed by atoms with Crippen molar-refractivity contribution in [1.29, 1.82) is 0 Å². The van der Waals surface area contributed by atoms with Gasteiger partial charge >= 0.3 is 0 Å². The number of aliphatic hydroxyl groups excluding tert-OH is 1. The number of hydrogen-bond donors (Lipinski definition) is 1. The Bertz CT molecular complexity index is 473. The topological polar surface area (TPSA) is 29.5 Å². The van der Waals surface area contributed by atoms with Gasteiger partial charge < -0.3 is 9.84 Å². The van der Waals surface area contributed by atoms with Crippen molar-refractivity contribution in [2.75, 3.05) is 6.61 Å². The predicted octanol–water partition coefficient (Wildman–Crippen LogP) is 3.54. The Kier molecular flexibility index (Phi) is 3.82. The van der Waals surface area contributed by atoms with Gasteiger partial charge in [-0.1, -0.05) is 12.1 Å². The molecule has 0 saturated heterocycles. The second-order valence-electron chi connectivity index (χ2n) is 3.85. The van der Waals surface area contributed by atoms with E-state index in [4.69, 9.17) is 4.74 Å². The quantitative estimate of drug-likeness (QED) is 0.896. The van der Waals surface area contributed by atoms with Gasteiger partial charge in [0.2, 0.25) is 0 Å². The lowest BCUT2D eigenvalue weighted by Gasteiger charge is -2.10. The SMILES string of the molecule is CCOc1ccc(C(O)c2ccc(C)s2)cc1. The van der Waals surface area contributed by atoms with Crippen LogP contribution in [0, 0.1) is 6.92 Å².